The lowest BCUT2D eigenvalue weighted by atomic mass is 9.92. The largest absolute Gasteiger partial charge is 0.318 e. The van der Waals surface area contributed by atoms with Crippen LogP contribution in [-0.2, 0) is 0 Å². The maximum atomic E-state index is 13.4. The minimum absolute atomic E-state index is 0.122. The third-order valence-electron chi connectivity index (χ3n) is 4.78. The molecule has 0 saturated heterocycles. The zero-order valence-corrected chi connectivity index (χ0v) is 15.0. The fourth-order valence-corrected chi connectivity index (χ4v) is 3.48. The van der Waals surface area contributed by atoms with Crippen LogP contribution >= 0.6 is 0 Å². The molecule has 0 aliphatic carbocycles. The molecule has 1 aliphatic rings. The van der Waals surface area contributed by atoms with Gasteiger partial charge in [-0.15, -0.1) is 0 Å². The number of nitrogens with one attached hydrogen (secondary N) is 2. The van der Waals surface area contributed by atoms with Crippen molar-refractivity contribution in [2.24, 2.45) is 0 Å². The number of benzene rings is 2. The predicted molar refractivity (Wildman–Crippen MR) is 102 cm³/mol. The number of H-pyrrole nitrogens is 1. The predicted octanol–water partition coefficient (Wildman–Crippen LogP) is 2.17. The summed E-state index contributed by atoms with van der Waals surface area (Å²) < 4.78 is 14.8. The maximum absolute atomic E-state index is 13.4. The number of nitro groups is 1. The first kappa shape index (κ1) is 17.6. The fourth-order valence-electron chi connectivity index (χ4n) is 3.48. The number of anilines is 2. The molecule has 11 nitrogen and oxygen atoms in total. The van der Waals surface area contributed by atoms with E-state index in [-0.39, 0.29) is 17.3 Å². The number of fused-ring (bicyclic) bond motifs is 2. The van der Waals surface area contributed by atoms with Crippen LogP contribution in [0.25, 0.3) is 11.3 Å². The van der Waals surface area contributed by atoms with Crippen LogP contribution in [0.4, 0.5) is 21.7 Å². The Hall–Kier alpha value is -4.48. The Kier molecular flexibility index (Phi) is 3.84. The van der Waals surface area contributed by atoms with Crippen molar-refractivity contribution in [3.8, 4) is 11.3 Å². The second kappa shape index (κ2) is 6.55. The molecule has 2 N–H and O–H groups in total. The topological polar surface area (TPSA) is 145 Å². The zero-order chi connectivity index (χ0) is 20.8. The van der Waals surface area contributed by atoms with Gasteiger partial charge in [-0.05, 0) is 40.3 Å². The van der Waals surface area contributed by atoms with E-state index >= 15 is 0 Å². The number of aromatic nitrogens is 6. The Labute approximate surface area is 166 Å². The lowest BCUT2D eigenvalue weighted by Gasteiger charge is -2.27. The van der Waals surface area contributed by atoms with Gasteiger partial charge in [-0.2, -0.15) is 9.78 Å². The number of hydrogen-bond acceptors (Lipinski definition) is 8. The smallest absolute Gasteiger partial charge is 0.288 e. The molecule has 30 heavy (non-hydrogen) atoms. The molecule has 12 heteroatoms. The highest BCUT2D eigenvalue weighted by molar-refractivity contribution is 5.75. The molecule has 5 rings (SSSR count). The molecule has 0 spiro atoms. The summed E-state index contributed by atoms with van der Waals surface area (Å²) in [5.41, 5.74) is 1.31. The van der Waals surface area contributed by atoms with Gasteiger partial charge in [0.15, 0.2) is 0 Å². The van der Waals surface area contributed by atoms with E-state index in [1.54, 1.807) is 6.07 Å². The van der Waals surface area contributed by atoms with Crippen molar-refractivity contribution in [3.05, 3.63) is 85.9 Å². The number of hydrogen-bond donors (Lipinski definition) is 2. The van der Waals surface area contributed by atoms with Gasteiger partial charge in [0.25, 0.3) is 11.2 Å². The van der Waals surface area contributed by atoms with Crippen molar-refractivity contribution >= 4 is 17.3 Å². The number of non-ortho nitro benzene ring substituents is 1. The Morgan fingerprint density at radius 3 is 2.73 bits per heavy atom. The molecule has 0 saturated carbocycles. The third-order valence-corrected chi connectivity index (χ3v) is 4.78. The van der Waals surface area contributed by atoms with E-state index < -0.39 is 22.3 Å². The summed E-state index contributed by atoms with van der Waals surface area (Å²) >= 11 is 0. The van der Waals surface area contributed by atoms with Gasteiger partial charge in [0.1, 0.15) is 17.5 Å². The third kappa shape index (κ3) is 2.70. The first-order valence-corrected chi connectivity index (χ1v) is 8.70. The van der Waals surface area contributed by atoms with E-state index in [1.165, 1.54) is 47.1 Å². The Morgan fingerprint density at radius 1 is 1.17 bits per heavy atom. The second-order valence-corrected chi connectivity index (χ2v) is 6.52. The molecule has 0 amide bonds. The van der Waals surface area contributed by atoms with Crippen LogP contribution in [0.5, 0.6) is 0 Å². The summed E-state index contributed by atoms with van der Waals surface area (Å²) in [5.74, 6) is -0.228. The molecular weight excluding hydrogens is 395 g/mol. The standard InChI is InChI=1S/C18H11FN8O3/c19-11-6-4-9(5-7-11)14-13-15(17(28)22-21-14)20-18-23-24-25-26(18)16(13)10-2-1-3-12(8-10)27(29)30/h1-8,16H,(H,22,28)(H,20,23,25). The van der Waals surface area contributed by atoms with Crippen LogP contribution in [0.15, 0.2) is 53.3 Å². The molecular formula is C18H11FN8O3. The van der Waals surface area contributed by atoms with Gasteiger partial charge in [-0.1, -0.05) is 17.2 Å². The number of nitrogens with zero attached hydrogens (tertiary/aromatic N) is 6. The normalized spacial score (nSPS) is 14.5. The summed E-state index contributed by atoms with van der Waals surface area (Å²) in [6.07, 6.45) is 0. The van der Waals surface area contributed by atoms with E-state index in [0.29, 0.717) is 22.4 Å². The monoisotopic (exact) mass is 406 g/mol. The minimum Gasteiger partial charge on any atom is -0.318 e. The number of rotatable bonds is 3. The van der Waals surface area contributed by atoms with Gasteiger partial charge in [0, 0.05) is 23.3 Å². The highest BCUT2D eigenvalue weighted by Crippen LogP contribution is 2.41. The van der Waals surface area contributed by atoms with Crippen molar-refractivity contribution in [2.75, 3.05) is 5.32 Å². The number of aromatic amines is 1. The zero-order valence-electron chi connectivity index (χ0n) is 15.0. The summed E-state index contributed by atoms with van der Waals surface area (Å²) in [6, 6.07) is 10.8. The molecule has 3 heterocycles. The van der Waals surface area contributed by atoms with E-state index in [0.717, 1.165) is 0 Å². The van der Waals surface area contributed by atoms with Gasteiger partial charge in [0.05, 0.1) is 10.6 Å². The SMILES string of the molecule is O=c1[nH]nc(-c2ccc(F)cc2)c2c1Nc1nnnn1C2c1cccc([N+](=O)[O-])c1. The van der Waals surface area contributed by atoms with Gasteiger partial charge in [-0.25, -0.2) is 9.49 Å². The molecule has 1 aliphatic heterocycles. The van der Waals surface area contributed by atoms with E-state index in [9.17, 15) is 19.3 Å². The highest BCUT2D eigenvalue weighted by Gasteiger charge is 2.34. The van der Waals surface area contributed by atoms with Crippen LogP contribution in [-0.4, -0.2) is 35.3 Å². The Morgan fingerprint density at radius 2 is 1.97 bits per heavy atom. The average Bonchev–Trinajstić information content (AvgIpc) is 3.22. The van der Waals surface area contributed by atoms with Crippen molar-refractivity contribution in [3.63, 3.8) is 0 Å². The Bertz CT molecular complexity index is 1350. The molecule has 0 bridgehead atoms. The summed E-state index contributed by atoms with van der Waals surface area (Å²) in [4.78, 5) is 23.3. The van der Waals surface area contributed by atoms with Crippen LogP contribution < -0.4 is 10.9 Å². The van der Waals surface area contributed by atoms with Gasteiger partial charge in [-0.3, -0.25) is 14.9 Å². The Balaban J connectivity index is 1.81. The van der Waals surface area contributed by atoms with Crippen LogP contribution in [0, 0.1) is 15.9 Å². The van der Waals surface area contributed by atoms with Crippen LogP contribution in [0.2, 0.25) is 0 Å². The molecule has 1 unspecified atom stereocenters. The molecule has 148 valence electrons. The number of halogens is 1. The second-order valence-electron chi connectivity index (χ2n) is 6.52. The lowest BCUT2D eigenvalue weighted by Crippen LogP contribution is -2.29. The summed E-state index contributed by atoms with van der Waals surface area (Å²) in [5, 5.41) is 32.3. The van der Waals surface area contributed by atoms with E-state index in [1.807, 2.05) is 0 Å². The summed E-state index contributed by atoms with van der Waals surface area (Å²) in [7, 11) is 0. The fraction of sp³-hybridized carbons (Fsp3) is 0.0556. The molecule has 4 aromatic rings. The molecule has 0 radical (unpaired) electrons. The van der Waals surface area contributed by atoms with Crippen LogP contribution in [0.3, 0.4) is 0 Å². The van der Waals surface area contributed by atoms with E-state index in [4.69, 9.17) is 0 Å². The molecule has 2 aromatic heterocycles. The minimum atomic E-state index is -0.777. The quantitative estimate of drug-likeness (QED) is 0.343. The first-order chi connectivity index (χ1) is 14.5. The van der Waals surface area contributed by atoms with Gasteiger partial charge in [0.2, 0.25) is 5.95 Å². The lowest BCUT2D eigenvalue weighted by molar-refractivity contribution is -0.384. The van der Waals surface area contributed by atoms with Crippen LogP contribution in [0.1, 0.15) is 17.2 Å². The van der Waals surface area contributed by atoms with Gasteiger partial charge >= 0.3 is 0 Å². The molecule has 2 aromatic carbocycles. The van der Waals surface area contributed by atoms with E-state index in [2.05, 4.69) is 31.0 Å². The molecule has 1 atom stereocenters. The first-order valence-electron chi connectivity index (χ1n) is 8.70. The van der Waals surface area contributed by atoms with Crippen molar-refractivity contribution in [1.82, 2.24) is 30.4 Å². The maximum Gasteiger partial charge on any atom is 0.288 e. The number of tetrazole rings is 1. The average molecular weight is 406 g/mol. The van der Waals surface area contributed by atoms with Crippen molar-refractivity contribution in [1.29, 1.82) is 0 Å². The van der Waals surface area contributed by atoms with Crippen molar-refractivity contribution in [2.45, 2.75) is 6.04 Å². The summed E-state index contributed by atoms with van der Waals surface area (Å²) in [6.45, 7) is 0. The highest BCUT2D eigenvalue weighted by atomic mass is 19.1. The van der Waals surface area contributed by atoms with Crippen molar-refractivity contribution < 1.29 is 9.31 Å². The molecule has 0 fully saturated rings. The number of nitro benzene ring substituents is 1. The van der Waals surface area contributed by atoms with Gasteiger partial charge < -0.3 is 5.32 Å².